The van der Waals surface area contributed by atoms with Crippen molar-refractivity contribution >= 4 is 33.0 Å². The van der Waals surface area contributed by atoms with E-state index in [4.69, 9.17) is 11.6 Å². The molecule has 0 amide bonds. The number of fused-ring (bicyclic) bond motifs is 3. The Labute approximate surface area is 123 Å². The maximum absolute atomic E-state index is 6.49. The third-order valence-electron chi connectivity index (χ3n) is 4.86. The van der Waals surface area contributed by atoms with Crippen molar-refractivity contribution in [1.29, 1.82) is 0 Å². The zero-order chi connectivity index (χ0) is 12.8. The van der Waals surface area contributed by atoms with Gasteiger partial charge in [-0.25, -0.2) is 0 Å². The molecule has 2 fully saturated rings. The van der Waals surface area contributed by atoms with Gasteiger partial charge < -0.3 is 5.32 Å². The predicted molar refractivity (Wildman–Crippen MR) is 82.9 cm³/mol. The summed E-state index contributed by atoms with van der Waals surface area (Å²) >= 11 is 8.32. The number of benzene rings is 1. The van der Waals surface area contributed by atoms with E-state index < -0.39 is 0 Å². The molecule has 1 aromatic heterocycles. The Bertz CT molecular complexity index is 606. The van der Waals surface area contributed by atoms with Crippen molar-refractivity contribution in [2.24, 2.45) is 11.8 Å². The first-order valence-corrected chi connectivity index (χ1v) is 8.40. The topological polar surface area (TPSA) is 12.0 Å². The van der Waals surface area contributed by atoms with Gasteiger partial charge in [0.2, 0.25) is 0 Å². The second-order valence-electron chi connectivity index (χ2n) is 6.00. The van der Waals surface area contributed by atoms with Crippen molar-refractivity contribution in [2.75, 3.05) is 0 Å². The summed E-state index contributed by atoms with van der Waals surface area (Å²) in [5.74, 6) is 1.93. The zero-order valence-corrected chi connectivity index (χ0v) is 12.4. The van der Waals surface area contributed by atoms with Gasteiger partial charge in [-0.15, -0.1) is 11.3 Å². The second kappa shape index (κ2) is 4.76. The van der Waals surface area contributed by atoms with E-state index in [0.717, 1.165) is 29.4 Å². The molecule has 1 aromatic carbocycles. The number of nitrogens with one attached hydrogen (secondary N) is 1. The van der Waals surface area contributed by atoms with Gasteiger partial charge in [-0.1, -0.05) is 36.2 Å². The molecule has 1 heterocycles. The zero-order valence-electron chi connectivity index (χ0n) is 10.9. The van der Waals surface area contributed by atoms with E-state index in [1.807, 2.05) is 11.3 Å². The van der Waals surface area contributed by atoms with Gasteiger partial charge in [0.15, 0.2) is 0 Å². The number of thiophene rings is 1. The molecule has 19 heavy (non-hydrogen) atoms. The Hall–Kier alpha value is -0.570. The molecule has 3 unspecified atom stereocenters. The minimum absolute atomic E-state index is 0.736. The maximum Gasteiger partial charge on any atom is 0.0636 e. The van der Waals surface area contributed by atoms with Crippen molar-refractivity contribution in [1.82, 2.24) is 5.32 Å². The van der Waals surface area contributed by atoms with E-state index in [1.54, 1.807) is 0 Å². The first kappa shape index (κ1) is 12.2. The molecule has 1 N–H and O–H groups in total. The lowest BCUT2D eigenvalue weighted by molar-refractivity contribution is 0.351. The molecular formula is C16H18ClNS. The second-order valence-corrected chi connectivity index (χ2v) is 7.51. The fourth-order valence-corrected chi connectivity index (χ4v) is 5.35. The molecule has 2 saturated carbocycles. The van der Waals surface area contributed by atoms with Crippen LogP contribution in [0.2, 0.25) is 5.02 Å². The highest BCUT2D eigenvalue weighted by Gasteiger charge is 2.39. The molecule has 0 spiro atoms. The fourth-order valence-electron chi connectivity index (χ4n) is 3.90. The molecule has 0 radical (unpaired) electrons. The molecule has 1 nitrogen and oxygen atoms in total. The normalized spacial score (nSPS) is 29.4. The molecule has 100 valence electrons. The first-order valence-electron chi connectivity index (χ1n) is 7.20. The van der Waals surface area contributed by atoms with E-state index in [9.17, 15) is 0 Å². The van der Waals surface area contributed by atoms with Gasteiger partial charge in [-0.2, -0.15) is 0 Å². The Morgan fingerprint density at radius 2 is 2.11 bits per heavy atom. The van der Waals surface area contributed by atoms with E-state index in [1.165, 1.54) is 40.6 Å². The van der Waals surface area contributed by atoms with Crippen molar-refractivity contribution in [3.05, 3.63) is 34.2 Å². The van der Waals surface area contributed by atoms with Gasteiger partial charge in [-0.05, 0) is 37.2 Å². The summed E-state index contributed by atoms with van der Waals surface area (Å²) in [7, 11) is 0. The number of rotatable bonds is 3. The van der Waals surface area contributed by atoms with Crippen LogP contribution in [0.1, 0.15) is 30.6 Å². The number of halogens is 1. The highest BCUT2D eigenvalue weighted by atomic mass is 35.5. The van der Waals surface area contributed by atoms with Gasteiger partial charge in [0, 0.05) is 27.5 Å². The van der Waals surface area contributed by atoms with Crippen LogP contribution in [0.3, 0.4) is 0 Å². The van der Waals surface area contributed by atoms with Gasteiger partial charge in [0.1, 0.15) is 0 Å². The molecule has 2 bridgehead atoms. The fraction of sp³-hybridized carbons (Fsp3) is 0.500. The molecule has 3 heteroatoms. The Kier molecular flexibility index (Phi) is 3.06. The molecule has 2 aliphatic carbocycles. The average molecular weight is 292 g/mol. The highest BCUT2D eigenvalue weighted by Crippen LogP contribution is 2.44. The largest absolute Gasteiger partial charge is 0.309 e. The van der Waals surface area contributed by atoms with Crippen LogP contribution in [0.25, 0.3) is 10.1 Å². The summed E-state index contributed by atoms with van der Waals surface area (Å²) in [4.78, 5) is 1.30. The maximum atomic E-state index is 6.49. The van der Waals surface area contributed by atoms with Gasteiger partial charge in [0.05, 0.1) is 5.02 Å². The van der Waals surface area contributed by atoms with Crippen LogP contribution in [0, 0.1) is 11.8 Å². The minimum Gasteiger partial charge on any atom is -0.309 e. The molecule has 4 rings (SSSR count). The van der Waals surface area contributed by atoms with Crippen LogP contribution in [0.15, 0.2) is 24.3 Å². The highest BCUT2D eigenvalue weighted by molar-refractivity contribution is 7.19. The van der Waals surface area contributed by atoms with Crippen molar-refractivity contribution in [3.63, 3.8) is 0 Å². The van der Waals surface area contributed by atoms with Crippen LogP contribution in [0.5, 0.6) is 0 Å². The summed E-state index contributed by atoms with van der Waals surface area (Å²) in [5, 5.41) is 5.92. The Balaban J connectivity index is 1.51. The van der Waals surface area contributed by atoms with Crippen LogP contribution >= 0.6 is 22.9 Å². The Morgan fingerprint density at radius 1 is 1.21 bits per heavy atom. The van der Waals surface area contributed by atoms with Crippen LogP contribution < -0.4 is 5.32 Å². The third kappa shape index (κ3) is 2.10. The number of hydrogen-bond acceptors (Lipinski definition) is 2. The van der Waals surface area contributed by atoms with E-state index in [2.05, 4.69) is 29.6 Å². The van der Waals surface area contributed by atoms with Gasteiger partial charge in [-0.3, -0.25) is 0 Å². The lowest BCUT2D eigenvalue weighted by atomic mass is 9.95. The van der Waals surface area contributed by atoms with Gasteiger partial charge >= 0.3 is 0 Å². The Morgan fingerprint density at radius 3 is 2.84 bits per heavy atom. The van der Waals surface area contributed by atoms with Crippen LogP contribution in [-0.2, 0) is 6.54 Å². The third-order valence-corrected chi connectivity index (χ3v) is 6.58. The predicted octanol–water partition coefficient (Wildman–Crippen LogP) is 4.83. The number of hydrogen-bond donors (Lipinski definition) is 1. The molecule has 0 aliphatic heterocycles. The van der Waals surface area contributed by atoms with Gasteiger partial charge in [0.25, 0.3) is 0 Å². The standard InChI is InChI=1S/C16H18ClNS/c17-16-12-3-1-2-4-14(12)19-15(16)9-18-13-8-10-5-6-11(13)7-10/h1-4,10-11,13,18H,5-9H2. The lowest BCUT2D eigenvalue weighted by Crippen LogP contribution is -2.33. The van der Waals surface area contributed by atoms with Crippen molar-refractivity contribution in [2.45, 2.75) is 38.3 Å². The molecule has 3 atom stereocenters. The van der Waals surface area contributed by atoms with E-state index in [-0.39, 0.29) is 0 Å². The first-order chi connectivity index (χ1) is 9.31. The monoisotopic (exact) mass is 291 g/mol. The minimum atomic E-state index is 0.736. The lowest BCUT2D eigenvalue weighted by Gasteiger charge is -2.22. The molecule has 2 aliphatic rings. The van der Waals surface area contributed by atoms with Crippen molar-refractivity contribution < 1.29 is 0 Å². The van der Waals surface area contributed by atoms with E-state index >= 15 is 0 Å². The van der Waals surface area contributed by atoms with Crippen LogP contribution in [-0.4, -0.2) is 6.04 Å². The van der Waals surface area contributed by atoms with Crippen molar-refractivity contribution in [3.8, 4) is 0 Å². The SMILES string of the molecule is Clc1c(CNC2CC3CCC2C3)sc2ccccc12. The van der Waals surface area contributed by atoms with E-state index in [0.29, 0.717) is 0 Å². The summed E-state index contributed by atoms with van der Waals surface area (Å²) in [6.07, 6.45) is 5.74. The average Bonchev–Trinajstić information content (AvgIpc) is 3.12. The molecule has 0 saturated heterocycles. The quantitative estimate of drug-likeness (QED) is 0.854. The van der Waals surface area contributed by atoms with Crippen LogP contribution in [0.4, 0.5) is 0 Å². The smallest absolute Gasteiger partial charge is 0.0636 e. The summed E-state index contributed by atoms with van der Waals surface area (Å²) < 4.78 is 1.30. The summed E-state index contributed by atoms with van der Waals surface area (Å²) in [5.41, 5.74) is 0. The molecule has 2 aromatic rings. The molecular weight excluding hydrogens is 274 g/mol. The summed E-state index contributed by atoms with van der Waals surface area (Å²) in [6.45, 7) is 0.937. The summed E-state index contributed by atoms with van der Waals surface area (Å²) in [6, 6.07) is 9.17.